The van der Waals surface area contributed by atoms with Gasteiger partial charge in [0.25, 0.3) is 0 Å². The molecule has 0 spiro atoms. The van der Waals surface area contributed by atoms with E-state index in [9.17, 15) is 0 Å². The summed E-state index contributed by atoms with van der Waals surface area (Å²) in [6.07, 6.45) is 1.16. The van der Waals surface area contributed by atoms with Gasteiger partial charge in [-0.05, 0) is 37.6 Å². The van der Waals surface area contributed by atoms with Crippen LogP contribution in [0.25, 0.3) is 10.9 Å². The molecule has 0 saturated heterocycles. The van der Waals surface area contributed by atoms with Gasteiger partial charge in [0.05, 0.1) is 0 Å². The van der Waals surface area contributed by atoms with Crippen LogP contribution in [0.2, 0.25) is 0 Å². The van der Waals surface area contributed by atoms with Crippen molar-refractivity contribution in [1.82, 2.24) is 4.57 Å². The second-order valence-corrected chi connectivity index (χ2v) is 3.76. The number of aryl methyl sites for hydroxylation is 2. The lowest BCUT2D eigenvalue weighted by atomic mass is 10.2. The van der Waals surface area contributed by atoms with Crippen LogP contribution < -0.4 is 5.73 Å². The van der Waals surface area contributed by atoms with Crippen molar-refractivity contribution in [2.24, 2.45) is 0 Å². The summed E-state index contributed by atoms with van der Waals surface area (Å²) in [5, 5.41) is 1.25. The highest BCUT2D eigenvalue weighted by Crippen LogP contribution is 2.22. The van der Waals surface area contributed by atoms with Crippen LogP contribution in [0, 0.1) is 6.92 Å². The molecule has 1 aromatic heterocycles. The predicted molar refractivity (Wildman–Crippen MR) is 61.4 cm³/mol. The van der Waals surface area contributed by atoms with Gasteiger partial charge in [0.1, 0.15) is 0 Å². The van der Waals surface area contributed by atoms with Crippen molar-refractivity contribution >= 4 is 16.6 Å². The Morgan fingerprint density at radius 3 is 2.79 bits per heavy atom. The van der Waals surface area contributed by atoms with Crippen LogP contribution in [-0.2, 0) is 6.54 Å². The third-order valence-electron chi connectivity index (χ3n) is 2.58. The van der Waals surface area contributed by atoms with E-state index in [1.165, 1.54) is 16.6 Å². The summed E-state index contributed by atoms with van der Waals surface area (Å²) in [6, 6.07) is 8.30. The Labute approximate surface area is 84.3 Å². The first-order valence-electron chi connectivity index (χ1n) is 5.07. The maximum Gasteiger partial charge on any atom is 0.0483 e. The minimum Gasteiger partial charge on any atom is -0.399 e. The normalized spacial score (nSPS) is 11.0. The van der Waals surface area contributed by atoms with Crippen molar-refractivity contribution < 1.29 is 0 Å². The Kier molecular flexibility index (Phi) is 2.20. The Morgan fingerprint density at radius 1 is 1.29 bits per heavy atom. The minimum absolute atomic E-state index is 0.839. The third-order valence-corrected chi connectivity index (χ3v) is 2.58. The van der Waals surface area contributed by atoms with Crippen LogP contribution in [0.4, 0.5) is 5.69 Å². The summed E-state index contributed by atoms with van der Waals surface area (Å²) in [6.45, 7) is 5.42. The molecule has 0 saturated carbocycles. The van der Waals surface area contributed by atoms with Gasteiger partial charge in [0.2, 0.25) is 0 Å². The second-order valence-electron chi connectivity index (χ2n) is 3.76. The van der Waals surface area contributed by atoms with Gasteiger partial charge in [-0.15, -0.1) is 0 Å². The molecule has 2 nitrogen and oxygen atoms in total. The van der Waals surface area contributed by atoms with E-state index >= 15 is 0 Å². The molecule has 0 atom stereocenters. The van der Waals surface area contributed by atoms with Crippen LogP contribution >= 0.6 is 0 Å². The van der Waals surface area contributed by atoms with Crippen molar-refractivity contribution in [1.29, 1.82) is 0 Å². The monoisotopic (exact) mass is 188 g/mol. The van der Waals surface area contributed by atoms with Gasteiger partial charge in [-0.1, -0.05) is 6.92 Å². The maximum atomic E-state index is 5.75. The molecule has 0 fully saturated rings. The van der Waals surface area contributed by atoms with Crippen LogP contribution in [0.1, 0.15) is 19.0 Å². The average Bonchev–Trinajstić information content (AvgIpc) is 2.43. The molecule has 0 unspecified atom stereocenters. The van der Waals surface area contributed by atoms with Gasteiger partial charge in [0.15, 0.2) is 0 Å². The highest BCUT2D eigenvalue weighted by molar-refractivity contribution is 5.84. The van der Waals surface area contributed by atoms with Crippen molar-refractivity contribution in [2.45, 2.75) is 26.8 Å². The fourth-order valence-electron chi connectivity index (χ4n) is 1.95. The Hall–Kier alpha value is -1.44. The van der Waals surface area contributed by atoms with Crippen molar-refractivity contribution in [3.8, 4) is 0 Å². The molecular formula is C12H16N2. The minimum atomic E-state index is 0.839. The number of nitrogen functional groups attached to an aromatic ring is 1. The predicted octanol–water partition coefficient (Wildman–Crippen LogP) is 2.94. The fourth-order valence-corrected chi connectivity index (χ4v) is 1.95. The molecule has 0 aliphatic rings. The lowest BCUT2D eigenvalue weighted by Crippen LogP contribution is -1.98. The molecular weight excluding hydrogens is 172 g/mol. The van der Waals surface area contributed by atoms with Crippen molar-refractivity contribution in [2.75, 3.05) is 5.73 Å². The van der Waals surface area contributed by atoms with E-state index in [1.807, 2.05) is 12.1 Å². The standard InChI is InChI=1S/C12H16N2/c1-3-6-14-9(2)7-10-8-11(13)4-5-12(10)14/h4-5,7-8H,3,6,13H2,1-2H3. The number of aromatic nitrogens is 1. The summed E-state index contributed by atoms with van der Waals surface area (Å²) < 4.78 is 2.34. The van der Waals surface area contributed by atoms with Gasteiger partial charge < -0.3 is 10.3 Å². The van der Waals surface area contributed by atoms with E-state index in [-0.39, 0.29) is 0 Å². The first kappa shape index (κ1) is 9.13. The third kappa shape index (κ3) is 1.37. The number of nitrogens with two attached hydrogens (primary N) is 1. The Balaban J connectivity index is 2.64. The Morgan fingerprint density at radius 2 is 2.07 bits per heavy atom. The number of benzene rings is 1. The molecule has 2 heteroatoms. The summed E-state index contributed by atoms with van der Waals surface area (Å²) >= 11 is 0. The topological polar surface area (TPSA) is 30.9 Å². The second kappa shape index (κ2) is 3.37. The molecule has 14 heavy (non-hydrogen) atoms. The molecule has 2 aromatic rings. The zero-order valence-corrected chi connectivity index (χ0v) is 8.75. The highest BCUT2D eigenvalue weighted by Gasteiger charge is 2.04. The van der Waals surface area contributed by atoms with Gasteiger partial charge in [-0.25, -0.2) is 0 Å². The van der Waals surface area contributed by atoms with E-state index in [1.54, 1.807) is 0 Å². The molecule has 0 amide bonds. The molecule has 1 heterocycles. The van der Waals surface area contributed by atoms with Gasteiger partial charge in [-0.3, -0.25) is 0 Å². The summed E-state index contributed by atoms with van der Waals surface area (Å²) in [7, 11) is 0. The molecule has 74 valence electrons. The average molecular weight is 188 g/mol. The van der Waals surface area contributed by atoms with Gasteiger partial charge in [-0.2, -0.15) is 0 Å². The molecule has 0 bridgehead atoms. The SMILES string of the molecule is CCCn1c(C)cc2cc(N)ccc21. The molecule has 0 aliphatic heterocycles. The number of nitrogens with zero attached hydrogens (tertiary/aromatic N) is 1. The van der Waals surface area contributed by atoms with Crippen LogP contribution in [-0.4, -0.2) is 4.57 Å². The van der Waals surface area contributed by atoms with E-state index < -0.39 is 0 Å². The summed E-state index contributed by atoms with van der Waals surface area (Å²) in [5.41, 5.74) is 9.19. The van der Waals surface area contributed by atoms with E-state index in [4.69, 9.17) is 5.73 Å². The smallest absolute Gasteiger partial charge is 0.0483 e. The van der Waals surface area contributed by atoms with E-state index in [2.05, 4.69) is 30.5 Å². The first-order valence-corrected chi connectivity index (χ1v) is 5.07. The zero-order chi connectivity index (χ0) is 10.1. The number of anilines is 1. The molecule has 2 N–H and O–H groups in total. The molecule has 1 aromatic carbocycles. The van der Waals surface area contributed by atoms with Gasteiger partial charge in [0, 0.05) is 28.8 Å². The molecule has 0 aliphatic carbocycles. The molecule has 2 rings (SSSR count). The Bertz CT molecular complexity index is 455. The largest absolute Gasteiger partial charge is 0.399 e. The summed E-state index contributed by atoms with van der Waals surface area (Å²) in [5.74, 6) is 0. The zero-order valence-electron chi connectivity index (χ0n) is 8.75. The maximum absolute atomic E-state index is 5.75. The van der Waals surface area contributed by atoms with E-state index in [0.717, 1.165) is 18.7 Å². The highest BCUT2D eigenvalue weighted by atomic mass is 15.0. The van der Waals surface area contributed by atoms with Crippen molar-refractivity contribution in [3.63, 3.8) is 0 Å². The van der Waals surface area contributed by atoms with Crippen LogP contribution in [0.15, 0.2) is 24.3 Å². The number of fused-ring (bicyclic) bond motifs is 1. The molecule has 0 radical (unpaired) electrons. The van der Waals surface area contributed by atoms with Gasteiger partial charge >= 0.3 is 0 Å². The van der Waals surface area contributed by atoms with Crippen LogP contribution in [0.3, 0.4) is 0 Å². The van der Waals surface area contributed by atoms with E-state index in [0.29, 0.717) is 0 Å². The van der Waals surface area contributed by atoms with Crippen molar-refractivity contribution in [3.05, 3.63) is 30.0 Å². The summed E-state index contributed by atoms with van der Waals surface area (Å²) in [4.78, 5) is 0. The number of hydrogen-bond acceptors (Lipinski definition) is 1. The number of hydrogen-bond donors (Lipinski definition) is 1. The lowest BCUT2D eigenvalue weighted by molar-refractivity contribution is 0.686. The first-order chi connectivity index (χ1) is 6.72. The number of rotatable bonds is 2. The van der Waals surface area contributed by atoms with Crippen LogP contribution in [0.5, 0.6) is 0 Å². The lowest BCUT2D eigenvalue weighted by Gasteiger charge is -2.05. The quantitative estimate of drug-likeness (QED) is 0.722. The fraction of sp³-hybridized carbons (Fsp3) is 0.333.